The standard InChI is InChI=1S/C18H18N4O2/c1-2-3-12-21-17-11-7-5-9-15(17)20-18(21)19-13-14-8-4-6-10-16(14)22(23)24/h4-11,13H,2-3,12H2,1H3. The van der Waals surface area contributed by atoms with Gasteiger partial charge in [-0.1, -0.05) is 37.6 Å². The first-order valence-electron chi connectivity index (χ1n) is 7.93. The summed E-state index contributed by atoms with van der Waals surface area (Å²) in [5.41, 5.74) is 2.41. The number of rotatable bonds is 6. The average molecular weight is 322 g/mol. The van der Waals surface area contributed by atoms with Gasteiger partial charge < -0.3 is 4.57 Å². The zero-order chi connectivity index (χ0) is 16.9. The molecule has 1 aromatic heterocycles. The minimum Gasteiger partial charge on any atom is -0.308 e. The summed E-state index contributed by atoms with van der Waals surface area (Å²) < 4.78 is 2.06. The molecule has 0 unspecified atom stereocenters. The highest BCUT2D eigenvalue weighted by molar-refractivity contribution is 5.87. The van der Waals surface area contributed by atoms with Crippen LogP contribution in [0.15, 0.2) is 53.5 Å². The Hall–Kier alpha value is -3.02. The largest absolute Gasteiger partial charge is 0.308 e. The minimum atomic E-state index is -0.401. The Morgan fingerprint density at radius 3 is 2.75 bits per heavy atom. The van der Waals surface area contributed by atoms with E-state index in [4.69, 9.17) is 0 Å². The smallest absolute Gasteiger partial charge is 0.278 e. The van der Waals surface area contributed by atoms with Gasteiger partial charge in [0.2, 0.25) is 5.95 Å². The van der Waals surface area contributed by atoms with Gasteiger partial charge in [-0.2, -0.15) is 0 Å². The van der Waals surface area contributed by atoms with E-state index in [-0.39, 0.29) is 5.69 Å². The lowest BCUT2D eigenvalue weighted by Crippen LogP contribution is -1.98. The van der Waals surface area contributed by atoms with Crippen LogP contribution in [0.1, 0.15) is 25.3 Å². The molecule has 2 aromatic carbocycles. The lowest BCUT2D eigenvalue weighted by atomic mass is 10.2. The number of aryl methyl sites for hydroxylation is 1. The molecule has 6 heteroatoms. The van der Waals surface area contributed by atoms with Crippen LogP contribution in [0, 0.1) is 10.1 Å². The third-order valence-electron chi connectivity index (χ3n) is 3.82. The molecule has 0 spiro atoms. The number of imidazole rings is 1. The summed E-state index contributed by atoms with van der Waals surface area (Å²) in [7, 11) is 0. The molecule has 0 aliphatic heterocycles. The Bertz CT molecular complexity index is 899. The molecule has 3 aromatic rings. The van der Waals surface area contributed by atoms with Crippen LogP contribution in [-0.2, 0) is 6.54 Å². The molecule has 122 valence electrons. The number of unbranched alkanes of at least 4 members (excludes halogenated alkanes) is 1. The van der Waals surface area contributed by atoms with E-state index in [9.17, 15) is 10.1 Å². The second kappa shape index (κ2) is 7.04. The molecule has 0 aliphatic rings. The van der Waals surface area contributed by atoms with E-state index < -0.39 is 4.92 Å². The van der Waals surface area contributed by atoms with E-state index in [0.717, 1.165) is 30.4 Å². The number of aromatic nitrogens is 2. The number of benzene rings is 2. The van der Waals surface area contributed by atoms with Crippen LogP contribution in [0.25, 0.3) is 11.0 Å². The average Bonchev–Trinajstić information content (AvgIpc) is 2.95. The van der Waals surface area contributed by atoms with Crippen LogP contribution in [0.3, 0.4) is 0 Å². The van der Waals surface area contributed by atoms with Crippen LogP contribution in [-0.4, -0.2) is 20.7 Å². The fourth-order valence-corrected chi connectivity index (χ4v) is 2.59. The molecule has 0 aliphatic carbocycles. The van der Waals surface area contributed by atoms with Gasteiger partial charge >= 0.3 is 0 Å². The SMILES string of the molecule is CCCCn1c(N=Cc2ccccc2[N+](=O)[O-])nc2ccccc21. The highest BCUT2D eigenvalue weighted by Crippen LogP contribution is 2.23. The summed E-state index contributed by atoms with van der Waals surface area (Å²) in [5, 5.41) is 11.1. The van der Waals surface area contributed by atoms with Gasteiger partial charge in [-0.3, -0.25) is 10.1 Å². The van der Waals surface area contributed by atoms with Crippen molar-refractivity contribution in [3.63, 3.8) is 0 Å². The summed E-state index contributed by atoms with van der Waals surface area (Å²) >= 11 is 0. The maximum Gasteiger partial charge on any atom is 0.278 e. The first-order chi connectivity index (χ1) is 11.7. The van der Waals surface area contributed by atoms with E-state index in [1.54, 1.807) is 18.2 Å². The number of fused-ring (bicyclic) bond motifs is 1. The van der Waals surface area contributed by atoms with E-state index >= 15 is 0 Å². The van der Waals surface area contributed by atoms with E-state index in [0.29, 0.717) is 11.5 Å². The molecular weight excluding hydrogens is 304 g/mol. The van der Waals surface area contributed by atoms with Gasteiger partial charge in [0.15, 0.2) is 0 Å². The predicted molar refractivity (Wildman–Crippen MR) is 95.0 cm³/mol. The number of aliphatic imine (C=N–C) groups is 1. The van der Waals surface area contributed by atoms with Crippen molar-refractivity contribution < 1.29 is 4.92 Å². The summed E-state index contributed by atoms with van der Waals surface area (Å²) in [4.78, 5) is 19.7. The molecular formula is C18H18N4O2. The highest BCUT2D eigenvalue weighted by Gasteiger charge is 2.12. The van der Waals surface area contributed by atoms with Gasteiger partial charge in [-0.25, -0.2) is 9.98 Å². The quantitative estimate of drug-likeness (QED) is 0.381. The van der Waals surface area contributed by atoms with Crippen LogP contribution in [0.5, 0.6) is 0 Å². The maximum absolute atomic E-state index is 11.1. The summed E-state index contributed by atoms with van der Waals surface area (Å²) in [6.07, 6.45) is 3.61. The summed E-state index contributed by atoms with van der Waals surface area (Å²) in [5.74, 6) is 0.572. The zero-order valence-electron chi connectivity index (χ0n) is 13.4. The van der Waals surface area contributed by atoms with Gasteiger partial charge in [-0.15, -0.1) is 0 Å². The van der Waals surface area contributed by atoms with Crippen molar-refractivity contribution in [2.24, 2.45) is 4.99 Å². The molecule has 1 heterocycles. The lowest BCUT2D eigenvalue weighted by Gasteiger charge is -2.05. The van der Waals surface area contributed by atoms with Crippen molar-refractivity contribution >= 4 is 28.9 Å². The zero-order valence-corrected chi connectivity index (χ0v) is 13.4. The van der Waals surface area contributed by atoms with Crippen molar-refractivity contribution in [3.05, 3.63) is 64.2 Å². The molecule has 0 atom stereocenters. The molecule has 0 N–H and O–H groups in total. The Labute approximate surface area is 139 Å². The number of nitrogens with zero attached hydrogens (tertiary/aromatic N) is 4. The predicted octanol–water partition coefficient (Wildman–Crippen LogP) is 4.50. The number of hydrogen-bond donors (Lipinski definition) is 0. The van der Waals surface area contributed by atoms with Crippen LogP contribution in [0.4, 0.5) is 11.6 Å². The second-order valence-corrected chi connectivity index (χ2v) is 5.48. The Balaban J connectivity index is 2.02. The molecule has 6 nitrogen and oxygen atoms in total. The van der Waals surface area contributed by atoms with Gasteiger partial charge in [0.25, 0.3) is 5.69 Å². The summed E-state index contributed by atoms with van der Waals surface area (Å²) in [6.45, 7) is 2.95. The van der Waals surface area contributed by atoms with Crippen LogP contribution < -0.4 is 0 Å². The third-order valence-corrected chi connectivity index (χ3v) is 3.82. The van der Waals surface area contributed by atoms with Crippen LogP contribution in [0.2, 0.25) is 0 Å². The normalized spacial score (nSPS) is 11.4. The van der Waals surface area contributed by atoms with Gasteiger partial charge in [0.1, 0.15) is 0 Å². The molecule has 0 fully saturated rings. The number of nitro benzene ring substituents is 1. The Kier molecular flexibility index (Phi) is 4.65. The van der Waals surface area contributed by atoms with Crippen LogP contribution >= 0.6 is 0 Å². The molecule has 0 saturated heterocycles. The van der Waals surface area contributed by atoms with Crippen molar-refractivity contribution in [2.45, 2.75) is 26.3 Å². The monoisotopic (exact) mass is 322 g/mol. The van der Waals surface area contributed by atoms with E-state index in [2.05, 4.69) is 21.5 Å². The molecule has 24 heavy (non-hydrogen) atoms. The first kappa shape index (κ1) is 15.9. The van der Waals surface area contributed by atoms with Crippen molar-refractivity contribution in [1.29, 1.82) is 0 Å². The Morgan fingerprint density at radius 2 is 1.96 bits per heavy atom. The van der Waals surface area contributed by atoms with Crippen molar-refractivity contribution in [1.82, 2.24) is 9.55 Å². The first-order valence-corrected chi connectivity index (χ1v) is 7.93. The van der Waals surface area contributed by atoms with E-state index in [1.807, 2.05) is 24.3 Å². The van der Waals surface area contributed by atoms with Gasteiger partial charge in [-0.05, 0) is 24.6 Å². The molecule has 0 saturated carbocycles. The molecule has 0 bridgehead atoms. The molecule has 0 radical (unpaired) electrons. The van der Waals surface area contributed by atoms with Crippen molar-refractivity contribution in [2.75, 3.05) is 0 Å². The molecule has 0 amide bonds. The van der Waals surface area contributed by atoms with Gasteiger partial charge in [0.05, 0.1) is 21.5 Å². The fourth-order valence-electron chi connectivity index (χ4n) is 2.59. The molecule has 3 rings (SSSR count). The highest BCUT2D eigenvalue weighted by atomic mass is 16.6. The number of para-hydroxylation sites is 3. The van der Waals surface area contributed by atoms with Crippen molar-refractivity contribution in [3.8, 4) is 0 Å². The van der Waals surface area contributed by atoms with E-state index in [1.165, 1.54) is 12.3 Å². The minimum absolute atomic E-state index is 0.0393. The second-order valence-electron chi connectivity index (χ2n) is 5.48. The number of hydrogen-bond acceptors (Lipinski definition) is 4. The third kappa shape index (κ3) is 3.17. The number of nitro groups is 1. The topological polar surface area (TPSA) is 73.3 Å². The maximum atomic E-state index is 11.1. The lowest BCUT2D eigenvalue weighted by molar-refractivity contribution is -0.385. The fraction of sp³-hybridized carbons (Fsp3) is 0.222. The summed E-state index contributed by atoms with van der Waals surface area (Å²) in [6, 6.07) is 14.4. The Morgan fingerprint density at radius 1 is 1.21 bits per heavy atom. The van der Waals surface area contributed by atoms with Gasteiger partial charge in [0, 0.05) is 18.8 Å².